The maximum absolute atomic E-state index is 13.8. The number of rotatable bonds is 6. The number of carbonyl (C=O) groups is 1. The molecule has 3 rings (SSSR count). The molecular weight excluding hydrogens is 387 g/mol. The Morgan fingerprint density at radius 2 is 1.73 bits per heavy atom. The van der Waals surface area contributed by atoms with Gasteiger partial charge in [-0.05, 0) is 37.1 Å². The summed E-state index contributed by atoms with van der Waals surface area (Å²) in [5, 5.41) is 14.9. The summed E-state index contributed by atoms with van der Waals surface area (Å²) in [6.07, 6.45) is 0.270. The van der Waals surface area contributed by atoms with Gasteiger partial charge in [-0.3, -0.25) is 10.1 Å². The third-order valence-corrected chi connectivity index (χ3v) is 4.54. The van der Waals surface area contributed by atoms with E-state index in [1.165, 1.54) is 36.4 Å². The van der Waals surface area contributed by atoms with E-state index < -0.39 is 16.7 Å². The summed E-state index contributed by atoms with van der Waals surface area (Å²) < 4.78 is 13.8. The molecule has 6 nitrogen and oxygen atoms in total. The van der Waals surface area contributed by atoms with Crippen molar-refractivity contribution < 1.29 is 18.9 Å². The van der Waals surface area contributed by atoms with E-state index in [4.69, 9.17) is 4.84 Å². The van der Waals surface area contributed by atoms with Gasteiger partial charge in [-0.25, -0.2) is 9.18 Å². The van der Waals surface area contributed by atoms with Crippen LogP contribution < -0.4 is 0 Å². The number of hydrogen-bond donors (Lipinski definition) is 0. The molecule has 0 N–H and O–H groups in total. The van der Waals surface area contributed by atoms with Gasteiger partial charge in [0, 0.05) is 24.1 Å². The van der Waals surface area contributed by atoms with E-state index in [1.807, 2.05) is 32.0 Å². The Balaban J connectivity index is 1.92. The minimum absolute atomic E-state index is 0.0188. The van der Waals surface area contributed by atoms with Gasteiger partial charge in [0.15, 0.2) is 0 Å². The van der Waals surface area contributed by atoms with Crippen molar-refractivity contribution in [1.29, 1.82) is 0 Å². The molecule has 0 aliphatic heterocycles. The SMILES string of the molecule is Cc1ccc(/C(Cc2ccc([N+](=O)[O-])cc2)=N/OC(=O)c2ccccc2F)c(C)c1. The minimum atomic E-state index is -0.904. The molecule has 0 saturated heterocycles. The maximum atomic E-state index is 13.8. The smallest absolute Gasteiger partial charge is 0.312 e. The molecule has 0 spiro atoms. The maximum Gasteiger partial charge on any atom is 0.368 e. The normalized spacial score (nSPS) is 11.2. The molecule has 0 heterocycles. The zero-order valence-electron chi connectivity index (χ0n) is 16.5. The molecule has 0 bridgehead atoms. The molecule has 0 saturated carbocycles. The number of carbonyl (C=O) groups excluding carboxylic acids is 1. The number of nitro groups is 1. The Hall–Kier alpha value is -3.87. The number of hydrogen-bond acceptors (Lipinski definition) is 5. The van der Waals surface area contributed by atoms with Gasteiger partial charge in [0.2, 0.25) is 0 Å². The highest BCUT2D eigenvalue weighted by Crippen LogP contribution is 2.18. The lowest BCUT2D eigenvalue weighted by molar-refractivity contribution is -0.384. The largest absolute Gasteiger partial charge is 0.368 e. The molecule has 0 unspecified atom stereocenters. The van der Waals surface area contributed by atoms with Crippen LogP contribution in [-0.2, 0) is 11.3 Å². The average molecular weight is 406 g/mol. The van der Waals surface area contributed by atoms with E-state index >= 15 is 0 Å². The third kappa shape index (κ3) is 4.94. The molecule has 3 aromatic rings. The van der Waals surface area contributed by atoms with Crippen LogP contribution in [0.1, 0.15) is 32.6 Å². The van der Waals surface area contributed by atoms with Crippen LogP contribution in [0.3, 0.4) is 0 Å². The fraction of sp³-hybridized carbons (Fsp3) is 0.130. The van der Waals surface area contributed by atoms with Gasteiger partial charge in [0.1, 0.15) is 5.82 Å². The molecule has 0 aliphatic rings. The van der Waals surface area contributed by atoms with Crippen molar-refractivity contribution in [3.05, 3.63) is 110 Å². The fourth-order valence-electron chi connectivity index (χ4n) is 3.02. The minimum Gasteiger partial charge on any atom is -0.312 e. The highest BCUT2D eigenvalue weighted by Gasteiger charge is 2.15. The highest BCUT2D eigenvalue weighted by atomic mass is 19.1. The lowest BCUT2D eigenvalue weighted by atomic mass is 9.97. The summed E-state index contributed by atoms with van der Waals surface area (Å²) in [7, 11) is 0. The molecule has 0 radical (unpaired) electrons. The number of benzene rings is 3. The second-order valence-electron chi connectivity index (χ2n) is 6.82. The van der Waals surface area contributed by atoms with Crippen molar-refractivity contribution in [3.8, 4) is 0 Å². The van der Waals surface area contributed by atoms with Crippen molar-refractivity contribution >= 4 is 17.4 Å². The van der Waals surface area contributed by atoms with Gasteiger partial charge >= 0.3 is 5.97 Å². The van der Waals surface area contributed by atoms with Gasteiger partial charge in [0.05, 0.1) is 16.2 Å². The van der Waals surface area contributed by atoms with E-state index in [9.17, 15) is 19.3 Å². The number of non-ortho nitro benzene ring substituents is 1. The lowest BCUT2D eigenvalue weighted by Crippen LogP contribution is -2.11. The number of nitrogens with zero attached hydrogens (tertiary/aromatic N) is 2. The Kier molecular flexibility index (Phi) is 6.32. The Morgan fingerprint density at radius 1 is 1.03 bits per heavy atom. The van der Waals surface area contributed by atoms with Crippen LogP contribution in [-0.4, -0.2) is 16.6 Å². The van der Waals surface area contributed by atoms with Gasteiger partial charge in [-0.1, -0.05) is 53.2 Å². The first-order valence-electron chi connectivity index (χ1n) is 9.19. The van der Waals surface area contributed by atoms with E-state index in [1.54, 1.807) is 12.1 Å². The molecule has 152 valence electrons. The zero-order chi connectivity index (χ0) is 21.7. The predicted molar refractivity (Wildman–Crippen MR) is 111 cm³/mol. The molecule has 3 aromatic carbocycles. The lowest BCUT2D eigenvalue weighted by Gasteiger charge is -2.11. The molecular formula is C23H19FN2O4. The van der Waals surface area contributed by atoms with Crippen molar-refractivity contribution in [3.63, 3.8) is 0 Å². The predicted octanol–water partition coefficient (Wildman–Crippen LogP) is 5.15. The molecule has 7 heteroatoms. The van der Waals surface area contributed by atoms with Gasteiger partial charge in [-0.15, -0.1) is 0 Å². The van der Waals surface area contributed by atoms with Crippen molar-refractivity contribution in [2.45, 2.75) is 20.3 Å². The topological polar surface area (TPSA) is 81.8 Å². The van der Waals surface area contributed by atoms with Crippen LogP contribution in [0.25, 0.3) is 0 Å². The van der Waals surface area contributed by atoms with Crippen LogP contribution in [0, 0.1) is 29.8 Å². The van der Waals surface area contributed by atoms with Crippen LogP contribution in [0.2, 0.25) is 0 Å². The van der Waals surface area contributed by atoms with E-state index in [-0.39, 0.29) is 17.7 Å². The Morgan fingerprint density at radius 3 is 2.37 bits per heavy atom. The van der Waals surface area contributed by atoms with Crippen molar-refractivity contribution in [2.24, 2.45) is 5.16 Å². The summed E-state index contributed by atoms with van der Waals surface area (Å²) >= 11 is 0. The summed E-state index contributed by atoms with van der Waals surface area (Å²) in [5.41, 5.74) is 3.73. The van der Waals surface area contributed by atoms with Crippen LogP contribution in [0.5, 0.6) is 0 Å². The fourth-order valence-corrected chi connectivity index (χ4v) is 3.02. The molecule has 0 aliphatic carbocycles. The Labute approximate surface area is 172 Å². The molecule has 0 amide bonds. The monoisotopic (exact) mass is 406 g/mol. The van der Waals surface area contributed by atoms with Crippen molar-refractivity contribution in [2.75, 3.05) is 0 Å². The average Bonchev–Trinajstić information content (AvgIpc) is 2.72. The molecule has 0 fully saturated rings. The summed E-state index contributed by atoms with van der Waals surface area (Å²) in [6, 6.07) is 17.3. The number of aryl methyl sites for hydroxylation is 2. The van der Waals surface area contributed by atoms with E-state index in [2.05, 4.69) is 5.16 Å². The summed E-state index contributed by atoms with van der Waals surface area (Å²) in [4.78, 5) is 27.7. The van der Waals surface area contributed by atoms with Gasteiger partial charge in [-0.2, -0.15) is 0 Å². The van der Waals surface area contributed by atoms with E-state index in [0.717, 1.165) is 22.3 Å². The number of nitro benzene ring substituents is 1. The second kappa shape index (κ2) is 9.09. The number of halogens is 1. The van der Waals surface area contributed by atoms with Crippen LogP contribution in [0.15, 0.2) is 71.9 Å². The van der Waals surface area contributed by atoms with Gasteiger partial charge < -0.3 is 4.84 Å². The van der Waals surface area contributed by atoms with Crippen LogP contribution >= 0.6 is 0 Å². The van der Waals surface area contributed by atoms with Crippen LogP contribution in [0.4, 0.5) is 10.1 Å². The molecule has 30 heavy (non-hydrogen) atoms. The second-order valence-corrected chi connectivity index (χ2v) is 6.82. The number of oxime groups is 1. The first-order chi connectivity index (χ1) is 14.3. The third-order valence-electron chi connectivity index (χ3n) is 4.54. The van der Waals surface area contributed by atoms with Gasteiger partial charge in [0.25, 0.3) is 5.69 Å². The quantitative estimate of drug-likeness (QED) is 0.245. The molecule has 0 aromatic heterocycles. The van der Waals surface area contributed by atoms with E-state index in [0.29, 0.717) is 5.71 Å². The summed E-state index contributed by atoms with van der Waals surface area (Å²) in [6.45, 7) is 3.87. The molecule has 0 atom stereocenters. The standard InChI is InChI=1S/C23H19FN2O4/c1-15-7-12-19(16(2)13-15)22(14-17-8-10-18(11-9-17)26(28)29)25-30-23(27)20-5-3-4-6-21(20)24/h3-13H,14H2,1-2H3/b25-22+. The first-order valence-corrected chi connectivity index (χ1v) is 9.19. The first kappa shape index (κ1) is 20.9. The summed E-state index contributed by atoms with van der Waals surface area (Å²) in [5.74, 6) is -1.60. The zero-order valence-corrected chi connectivity index (χ0v) is 16.5. The van der Waals surface area contributed by atoms with Crippen molar-refractivity contribution in [1.82, 2.24) is 0 Å². The highest BCUT2D eigenvalue weighted by molar-refractivity contribution is 6.03. The Bertz CT molecular complexity index is 1120.